The molecule has 0 amide bonds. The molecule has 0 aliphatic rings. The quantitative estimate of drug-likeness (QED) is 0.440. The van der Waals surface area contributed by atoms with E-state index in [4.69, 9.17) is 10.7 Å². The summed E-state index contributed by atoms with van der Waals surface area (Å²) in [6.07, 6.45) is 5.27. The van der Waals surface area contributed by atoms with Crippen LogP contribution in [0, 0.1) is 11.3 Å². The molecule has 0 saturated heterocycles. The lowest BCUT2D eigenvalue weighted by Crippen LogP contribution is -2.31. The van der Waals surface area contributed by atoms with Gasteiger partial charge < -0.3 is 5.41 Å². The number of benzene rings is 1. The molecule has 4 nitrogen and oxygen atoms in total. The van der Waals surface area contributed by atoms with Crippen molar-refractivity contribution in [2.45, 2.75) is 6.54 Å². The molecule has 0 fully saturated rings. The van der Waals surface area contributed by atoms with Gasteiger partial charge in [0.25, 0.3) is 0 Å². The summed E-state index contributed by atoms with van der Waals surface area (Å²) in [4.78, 5) is 0. The molecular formula is C13H10N4. The predicted molar refractivity (Wildman–Crippen MR) is 63.9 cm³/mol. The van der Waals surface area contributed by atoms with Crippen molar-refractivity contribution in [3.05, 3.63) is 60.0 Å². The molecular weight excluding hydrogens is 212 g/mol. The third kappa shape index (κ3) is 2.49. The van der Waals surface area contributed by atoms with Gasteiger partial charge in [0, 0.05) is 0 Å². The molecule has 0 radical (unpaired) electrons. The first kappa shape index (κ1) is 10.9. The van der Waals surface area contributed by atoms with Gasteiger partial charge >= 0.3 is 0 Å². The van der Waals surface area contributed by atoms with Crippen LogP contribution in [0.1, 0.15) is 5.56 Å². The fourth-order valence-electron chi connectivity index (χ4n) is 1.55. The van der Waals surface area contributed by atoms with Crippen LogP contribution in [0.3, 0.4) is 0 Å². The molecule has 0 aliphatic heterocycles. The summed E-state index contributed by atoms with van der Waals surface area (Å²) in [5.41, 5.74) is 1.24. The largest absolute Gasteiger partial charge is 0.759 e. The minimum absolute atomic E-state index is 0.0665. The van der Waals surface area contributed by atoms with Crippen LogP contribution in [-0.4, -0.2) is 10.4 Å². The first-order valence-corrected chi connectivity index (χ1v) is 5.12. The smallest absolute Gasteiger partial charge is 0.250 e. The van der Waals surface area contributed by atoms with Crippen LogP contribution in [0.4, 0.5) is 0 Å². The molecule has 0 atom stereocenters. The number of imidazole rings is 1. The third-order valence-corrected chi connectivity index (χ3v) is 2.37. The number of hydrogen-bond acceptors (Lipinski definition) is 1. The van der Waals surface area contributed by atoms with Gasteiger partial charge in [-0.2, -0.15) is 9.83 Å². The second-order valence-corrected chi connectivity index (χ2v) is 3.55. The molecule has 1 aromatic heterocycles. The van der Waals surface area contributed by atoms with Gasteiger partial charge in [0.05, 0.1) is 0 Å². The fraction of sp³-hybridized carbons (Fsp3) is 0.0769. The van der Waals surface area contributed by atoms with Gasteiger partial charge in [-0.25, -0.2) is 10.4 Å². The van der Waals surface area contributed by atoms with Gasteiger partial charge in [0.1, 0.15) is 18.9 Å². The van der Waals surface area contributed by atoms with Crippen LogP contribution in [0.2, 0.25) is 0 Å². The molecule has 0 aliphatic carbocycles. The molecule has 0 unspecified atom stereocenters. The highest BCUT2D eigenvalue weighted by molar-refractivity contribution is 5.89. The second-order valence-electron chi connectivity index (χ2n) is 3.55. The van der Waals surface area contributed by atoms with Crippen molar-refractivity contribution in [1.82, 2.24) is 4.57 Å². The van der Waals surface area contributed by atoms with Crippen LogP contribution < -0.4 is 4.57 Å². The fourth-order valence-corrected chi connectivity index (χ4v) is 1.55. The Morgan fingerprint density at radius 1 is 1.35 bits per heavy atom. The molecule has 0 saturated carbocycles. The first-order valence-electron chi connectivity index (χ1n) is 5.12. The zero-order valence-corrected chi connectivity index (χ0v) is 9.11. The van der Waals surface area contributed by atoms with Crippen molar-refractivity contribution in [3.8, 4) is 6.07 Å². The Labute approximate surface area is 99.2 Å². The van der Waals surface area contributed by atoms with E-state index in [1.165, 1.54) is 10.1 Å². The highest BCUT2D eigenvalue weighted by Crippen LogP contribution is 1.99. The van der Waals surface area contributed by atoms with E-state index in [2.05, 4.69) is 0 Å². The van der Waals surface area contributed by atoms with E-state index in [1.807, 2.05) is 53.0 Å². The van der Waals surface area contributed by atoms with Crippen LogP contribution in [0.25, 0.3) is 11.1 Å². The number of hydrogen-bond donors (Lipinski definition) is 0. The van der Waals surface area contributed by atoms with E-state index in [0.29, 0.717) is 0 Å². The Balaban J connectivity index is 2.21. The maximum Gasteiger partial charge on any atom is 0.250 e. The molecule has 4 heteroatoms. The van der Waals surface area contributed by atoms with E-state index in [9.17, 15) is 0 Å². The average Bonchev–Trinajstić information content (AvgIpc) is 2.81. The summed E-state index contributed by atoms with van der Waals surface area (Å²) in [7, 11) is 0. The lowest BCUT2D eigenvalue weighted by molar-refractivity contribution is -0.687. The molecule has 0 bridgehead atoms. The Morgan fingerprint density at radius 3 is 2.76 bits per heavy atom. The van der Waals surface area contributed by atoms with Crippen molar-refractivity contribution in [2.75, 3.05) is 0 Å². The van der Waals surface area contributed by atoms with Crippen LogP contribution in [0.5, 0.6) is 0 Å². The molecule has 0 spiro atoms. The Bertz CT molecular complexity index is 598. The summed E-state index contributed by atoms with van der Waals surface area (Å²) in [6.45, 7) is 0.720. The topological polar surface area (TPSA) is 54.9 Å². The van der Waals surface area contributed by atoms with Gasteiger partial charge in [-0.15, -0.1) is 0 Å². The molecule has 1 heterocycles. The zero-order chi connectivity index (χ0) is 12.1. The van der Waals surface area contributed by atoms with Gasteiger partial charge in [0.15, 0.2) is 6.07 Å². The summed E-state index contributed by atoms with van der Waals surface area (Å²) < 4.78 is 3.44. The van der Waals surface area contributed by atoms with E-state index in [-0.39, 0.29) is 5.70 Å². The minimum Gasteiger partial charge on any atom is -0.759 e. The SMILES string of the molecule is N#CC(=C=[N-])n1cc[n+](Cc2ccccc2)c1. The summed E-state index contributed by atoms with van der Waals surface area (Å²) >= 11 is 0. The minimum atomic E-state index is 0.0665. The Morgan fingerprint density at radius 2 is 2.12 bits per heavy atom. The maximum atomic E-state index is 8.74. The monoisotopic (exact) mass is 222 g/mol. The lowest BCUT2D eigenvalue weighted by Gasteiger charge is -1.96. The Kier molecular flexibility index (Phi) is 3.15. The van der Waals surface area contributed by atoms with E-state index < -0.39 is 0 Å². The van der Waals surface area contributed by atoms with Crippen LogP contribution in [-0.2, 0) is 6.54 Å². The number of rotatable bonds is 3. The third-order valence-electron chi connectivity index (χ3n) is 2.37. The van der Waals surface area contributed by atoms with Gasteiger partial charge in [0.2, 0.25) is 12.0 Å². The average molecular weight is 222 g/mol. The molecule has 2 rings (SSSR count). The Hall–Kier alpha value is -2.63. The normalized spacial score (nSPS) is 9.35. The first-order chi connectivity index (χ1) is 8.33. The standard InChI is InChI=1S/C13H10N4/c14-8-13(9-15)17-7-6-16(11-17)10-12-4-2-1-3-5-12/h1-7,11H,10H2. The second kappa shape index (κ2) is 4.93. The number of allylic oxidation sites excluding steroid dienone is 1. The van der Waals surface area contributed by atoms with Crippen molar-refractivity contribution >= 4 is 11.6 Å². The van der Waals surface area contributed by atoms with Crippen molar-refractivity contribution in [1.29, 1.82) is 5.26 Å². The summed E-state index contributed by atoms with van der Waals surface area (Å²) in [5.74, 6) is 1.85. The number of nitrogens with zero attached hydrogens (tertiary/aromatic N) is 4. The van der Waals surface area contributed by atoms with Crippen LogP contribution >= 0.6 is 0 Å². The van der Waals surface area contributed by atoms with E-state index in [1.54, 1.807) is 12.5 Å². The maximum absolute atomic E-state index is 8.74. The molecule has 0 N–H and O–H groups in total. The van der Waals surface area contributed by atoms with Gasteiger partial charge in [-0.05, 0) is 5.56 Å². The molecule has 2 aromatic rings. The van der Waals surface area contributed by atoms with Crippen molar-refractivity contribution in [3.63, 3.8) is 0 Å². The van der Waals surface area contributed by atoms with Crippen molar-refractivity contribution < 1.29 is 4.57 Å². The van der Waals surface area contributed by atoms with Gasteiger partial charge in [-0.3, -0.25) is 0 Å². The van der Waals surface area contributed by atoms with E-state index in [0.717, 1.165) is 6.54 Å². The lowest BCUT2D eigenvalue weighted by atomic mass is 10.2. The molecule has 82 valence electrons. The van der Waals surface area contributed by atoms with Gasteiger partial charge in [-0.1, -0.05) is 30.3 Å². The van der Waals surface area contributed by atoms with E-state index >= 15 is 0 Å². The van der Waals surface area contributed by atoms with Crippen molar-refractivity contribution in [2.24, 2.45) is 0 Å². The highest BCUT2D eigenvalue weighted by atomic mass is 15.1. The highest BCUT2D eigenvalue weighted by Gasteiger charge is 2.07. The number of aromatic nitrogens is 2. The summed E-state index contributed by atoms with van der Waals surface area (Å²) in [5, 5.41) is 17.5. The molecule has 1 aromatic carbocycles. The molecule has 17 heavy (non-hydrogen) atoms. The zero-order valence-electron chi connectivity index (χ0n) is 9.11. The predicted octanol–water partition coefficient (Wildman–Crippen LogP) is 1.43. The van der Waals surface area contributed by atoms with Crippen LogP contribution in [0.15, 0.2) is 49.1 Å². The number of nitriles is 1. The summed E-state index contributed by atoms with van der Waals surface area (Å²) in [6, 6.07) is 11.8.